The monoisotopic (exact) mass is 264 g/mol. The zero-order chi connectivity index (χ0) is 13.5. The van der Waals surface area contributed by atoms with Crippen LogP contribution in [0.3, 0.4) is 0 Å². The van der Waals surface area contributed by atoms with E-state index in [1.165, 1.54) is 32.4 Å². The van der Waals surface area contributed by atoms with E-state index in [0.29, 0.717) is 5.75 Å². The van der Waals surface area contributed by atoms with Crippen molar-refractivity contribution >= 4 is 0 Å². The number of piperidine rings is 1. The molecule has 1 aromatic carbocycles. The molecule has 4 nitrogen and oxygen atoms in total. The van der Waals surface area contributed by atoms with Crippen molar-refractivity contribution in [1.82, 2.24) is 10.2 Å². The smallest absolute Gasteiger partial charge is 0.160 e. The van der Waals surface area contributed by atoms with Gasteiger partial charge in [0.1, 0.15) is 0 Å². The molecule has 2 N–H and O–H groups in total. The van der Waals surface area contributed by atoms with E-state index >= 15 is 0 Å². The maximum Gasteiger partial charge on any atom is 0.160 e. The van der Waals surface area contributed by atoms with Gasteiger partial charge in [0.05, 0.1) is 7.11 Å². The summed E-state index contributed by atoms with van der Waals surface area (Å²) < 4.78 is 5.03. The third-order valence-corrected chi connectivity index (χ3v) is 3.63. The molecule has 0 unspecified atom stereocenters. The van der Waals surface area contributed by atoms with Gasteiger partial charge in [0.15, 0.2) is 11.5 Å². The first-order valence-electron chi connectivity index (χ1n) is 7.08. The summed E-state index contributed by atoms with van der Waals surface area (Å²) in [7, 11) is 1.56. The number of aromatic hydroxyl groups is 1. The lowest BCUT2D eigenvalue weighted by Gasteiger charge is -2.26. The average Bonchev–Trinajstić information content (AvgIpc) is 2.45. The zero-order valence-electron chi connectivity index (χ0n) is 11.7. The van der Waals surface area contributed by atoms with E-state index in [9.17, 15) is 5.11 Å². The number of rotatable bonds is 6. The van der Waals surface area contributed by atoms with Crippen LogP contribution in [0.15, 0.2) is 18.2 Å². The number of phenols is 1. The summed E-state index contributed by atoms with van der Waals surface area (Å²) in [6.07, 6.45) is 4.06. The van der Waals surface area contributed by atoms with Gasteiger partial charge in [-0.2, -0.15) is 0 Å². The number of methoxy groups -OCH3 is 1. The van der Waals surface area contributed by atoms with E-state index in [1.54, 1.807) is 19.2 Å². The summed E-state index contributed by atoms with van der Waals surface area (Å²) in [6.45, 7) is 5.37. The molecule has 0 bridgehead atoms. The van der Waals surface area contributed by atoms with Gasteiger partial charge in [-0.15, -0.1) is 0 Å². The van der Waals surface area contributed by atoms with Crippen LogP contribution in [0.1, 0.15) is 24.8 Å². The van der Waals surface area contributed by atoms with Crippen molar-refractivity contribution in [2.45, 2.75) is 25.8 Å². The molecule has 4 heteroatoms. The minimum atomic E-state index is 0.206. The van der Waals surface area contributed by atoms with Crippen LogP contribution in [-0.2, 0) is 6.54 Å². The molecule has 2 rings (SSSR count). The van der Waals surface area contributed by atoms with Crippen molar-refractivity contribution in [2.24, 2.45) is 0 Å². The lowest BCUT2D eigenvalue weighted by molar-refractivity contribution is 0.229. The van der Waals surface area contributed by atoms with Gasteiger partial charge in [-0.1, -0.05) is 12.5 Å². The number of hydrogen-bond acceptors (Lipinski definition) is 4. The first kappa shape index (κ1) is 14.2. The maximum absolute atomic E-state index is 9.69. The van der Waals surface area contributed by atoms with Crippen molar-refractivity contribution in [2.75, 3.05) is 33.3 Å². The highest BCUT2D eigenvalue weighted by atomic mass is 16.5. The van der Waals surface area contributed by atoms with Crippen LogP contribution in [0.5, 0.6) is 11.5 Å². The largest absolute Gasteiger partial charge is 0.504 e. The molecule has 0 radical (unpaired) electrons. The predicted octanol–water partition coefficient (Wildman–Crippen LogP) is 1.98. The molecular weight excluding hydrogens is 240 g/mol. The molecule has 0 spiro atoms. The number of nitrogens with zero attached hydrogens (tertiary/aromatic N) is 1. The number of benzene rings is 1. The molecule has 0 amide bonds. The molecule has 1 saturated heterocycles. The van der Waals surface area contributed by atoms with E-state index in [2.05, 4.69) is 10.2 Å². The molecule has 1 aliphatic rings. The fraction of sp³-hybridized carbons (Fsp3) is 0.600. The summed E-state index contributed by atoms with van der Waals surface area (Å²) in [4.78, 5) is 2.52. The lowest BCUT2D eigenvalue weighted by atomic mass is 10.1. The molecule has 0 saturated carbocycles. The number of phenolic OH excluding ortho intramolecular Hbond substituents is 1. The topological polar surface area (TPSA) is 44.7 Å². The minimum Gasteiger partial charge on any atom is -0.504 e. The average molecular weight is 264 g/mol. The van der Waals surface area contributed by atoms with Crippen LogP contribution in [-0.4, -0.2) is 43.3 Å². The van der Waals surface area contributed by atoms with Crippen LogP contribution >= 0.6 is 0 Å². The molecule has 0 aromatic heterocycles. The summed E-state index contributed by atoms with van der Waals surface area (Å²) in [5, 5.41) is 13.1. The van der Waals surface area contributed by atoms with Gasteiger partial charge < -0.3 is 20.1 Å². The number of nitrogens with one attached hydrogen (secondary N) is 1. The second-order valence-electron chi connectivity index (χ2n) is 5.09. The second-order valence-corrected chi connectivity index (χ2v) is 5.09. The SMILES string of the molecule is COc1ccc(CNCCN2CCCCC2)cc1O. The maximum atomic E-state index is 9.69. The van der Waals surface area contributed by atoms with Gasteiger partial charge >= 0.3 is 0 Å². The lowest BCUT2D eigenvalue weighted by Crippen LogP contribution is -2.35. The Morgan fingerprint density at radius 2 is 2.05 bits per heavy atom. The van der Waals surface area contributed by atoms with Gasteiger partial charge in [-0.05, 0) is 43.6 Å². The third-order valence-electron chi connectivity index (χ3n) is 3.63. The molecule has 1 aromatic rings. The molecule has 0 aliphatic carbocycles. The highest BCUT2D eigenvalue weighted by Gasteiger charge is 2.08. The van der Waals surface area contributed by atoms with Crippen molar-refractivity contribution in [3.63, 3.8) is 0 Å². The van der Waals surface area contributed by atoms with Gasteiger partial charge in [-0.3, -0.25) is 0 Å². The van der Waals surface area contributed by atoms with Crippen molar-refractivity contribution in [1.29, 1.82) is 0 Å². The highest BCUT2D eigenvalue weighted by Crippen LogP contribution is 2.25. The molecule has 19 heavy (non-hydrogen) atoms. The normalized spacial score (nSPS) is 16.5. The fourth-order valence-electron chi connectivity index (χ4n) is 2.50. The molecule has 1 aliphatic heterocycles. The molecule has 0 atom stereocenters. The summed E-state index contributed by atoms with van der Waals surface area (Å²) in [5.74, 6) is 0.731. The number of likely N-dealkylation sites (tertiary alicyclic amines) is 1. The molecule has 1 heterocycles. The fourth-order valence-corrected chi connectivity index (χ4v) is 2.50. The van der Waals surface area contributed by atoms with Crippen molar-refractivity contribution < 1.29 is 9.84 Å². The highest BCUT2D eigenvalue weighted by molar-refractivity contribution is 5.41. The quantitative estimate of drug-likeness (QED) is 0.771. The van der Waals surface area contributed by atoms with E-state index in [-0.39, 0.29) is 5.75 Å². The van der Waals surface area contributed by atoms with E-state index in [1.807, 2.05) is 6.07 Å². The molecule has 1 fully saturated rings. The van der Waals surface area contributed by atoms with Gasteiger partial charge in [0.2, 0.25) is 0 Å². The number of ether oxygens (including phenoxy) is 1. The standard InChI is InChI=1S/C15H24N2O2/c1-19-15-6-5-13(11-14(15)18)12-16-7-10-17-8-3-2-4-9-17/h5-6,11,16,18H,2-4,7-10,12H2,1H3. The zero-order valence-corrected chi connectivity index (χ0v) is 11.7. The Bertz CT molecular complexity index is 390. The second kappa shape index (κ2) is 7.36. The Labute approximate surface area is 115 Å². The first-order chi connectivity index (χ1) is 9.29. The van der Waals surface area contributed by atoms with Gasteiger partial charge in [0.25, 0.3) is 0 Å². The minimum absolute atomic E-state index is 0.206. The Morgan fingerprint density at radius 3 is 2.74 bits per heavy atom. The van der Waals surface area contributed by atoms with Crippen molar-refractivity contribution in [3.05, 3.63) is 23.8 Å². The Morgan fingerprint density at radius 1 is 1.26 bits per heavy atom. The predicted molar refractivity (Wildman–Crippen MR) is 76.7 cm³/mol. The number of hydrogen-bond donors (Lipinski definition) is 2. The van der Waals surface area contributed by atoms with Crippen LogP contribution in [0.4, 0.5) is 0 Å². The van der Waals surface area contributed by atoms with E-state index in [4.69, 9.17) is 4.74 Å². The van der Waals surface area contributed by atoms with Gasteiger partial charge in [0, 0.05) is 19.6 Å². The van der Waals surface area contributed by atoms with E-state index < -0.39 is 0 Å². The molecule has 106 valence electrons. The summed E-state index contributed by atoms with van der Waals surface area (Å²) in [5.41, 5.74) is 1.08. The Hall–Kier alpha value is -1.26. The van der Waals surface area contributed by atoms with E-state index in [0.717, 1.165) is 25.2 Å². The summed E-state index contributed by atoms with van der Waals surface area (Å²) in [6, 6.07) is 5.54. The van der Waals surface area contributed by atoms with Crippen LogP contribution in [0, 0.1) is 0 Å². The van der Waals surface area contributed by atoms with Crippen LogP contribution < -0.4 is 10.1 Å². The van der Waals surface area contributed by atoms with Crippen LogP contribution in [0.2, 0.25) is 0 Å². The van der Waals surface area contributed by atoms with Crippen LogP contribution in [0.25, 0.3) is 0 Å². The third kappa shape index (κ3) is 4.40. The van der Waals surface area contributed by atoms with Crippen molar-refractivity contribution in [3.8, 4) is 11.5 Å². The first-order valence-corrected chi connectivity index (χ1v) is 7.08. The van der Waals surface area contributed by atoms with Gasteiger partial charge in [-0.25, -0.2) is 0 Å². The summed E-state index contributed by atoms with van der Waals surface area (Å²) >= 11 is 0. The molecular formula is C15H24N2O2. The Balaban J connectivity index is 1.69. The Kier molecular flexibility index (Phi) is 5.48.